The Kier molecular flexibility index (Phi) is 3.85. The highest BCUT2D eigenvalue weighted by Gasteiger charge is 2.12. The van der Waals surface area contributed by atoms with E-state index in [1.54, 1.807) is 10.7 Å². The van der Waals surface area contributed by atoms with Gasteiger partial charge in [-0.3, -0.25) is 0 Å². The molecule has 0 unspecified atom stereocenters. The normalized spacial score (nSPS) is 10.4. The molecule has 3 aromatic rings. The maximum atomic E-state index is 6.17. The Morgan fingerprint density at radius 2 is 1.95 bits per heavy atom. The smallest absolute Gasteiger partial charge is 0.217 e. The lowest BCUT2D eigenvalue weighted by Crippen LogP contribution is -2.02. The number of aromatic nitrogens is 5. The van der Waals surface area contributed by atoms with E-state index in [1.165, 1.54) is 0 Å². The summed E-state index contributed by atoms with van der Waals surface area (Å²) in [6.45, 7) is 5.98. The summed E-state index contributed by atoms with van der Waals surface area (Å²) in [5.41, 5.74) is 1.89. The van der Waals surface area contributed by atoms with Crippen LogP contribution in [0, 0.1) is 6.92 Å². The van der Waals surface area contributed by atoms with Crippen LogP contribution in [0.3, 0.4) is 0 Å². The molecular formula is C13H16ClN5. The van der Waals surface area contributed by atoms with Crippen molar-refractivity contribution in [1.82, 2.24) is 24.1 Å². The van der Waals surface area contributed by atoms with E-state index in [9.17, 15) is 0 Å². The summed E-state index contributed by atoms with van der Waals surface area (Å²) in [5, 5.41) is 4.84. The minimum atomic E-state index is 0.445. The minimum absolute atomic E-state index is 0.445. The predicted molar refractivity (Wildman–Crippen MR) is 76.3 cm³/mol. The van der Waals surface area contributed by atoms with Crippen LogP contribution in [-0.4, -0.2) is 24.1 Å². The lowest BCUT2D eigenvalue weighted by Gasteiger charge is -2.03. The van der Waals surface area contributed by atoms with Gasteiger partial charge < -0.3 is 4.57 Å². The van der Waals surface area contributed by atoms with Gasteiger partial charge in [-0.05, 0) is 18.6 Å². The molecule has 0 saturated heterocycles. The van der Waals surface area contributed by atoms with Crippen molar-refractivity contribution < 1.29 is 0 Å². The van der Waals surface area contributed by atoms with Gasteiger partial charge in [0.2, 0.25) is 5.82 Å². The molecule has 3 heterocycles. The molecule has 0 aliphatic carbocycles. The Bertz CT molecular complexity index is 698. The van der Waals surface area contributed by atoms with Gasteiger partial charge in [0.25, 0.3) is 0 Å². The number of hydrogen-bond donors (Lipinski definition) is 0. The molecule has 0 N–H and O–H groups in total. The standard InChI is InChI=1S/C11H10ClN5.C2H6/c1-7-3-5-17-8(7)9(12)14-10(15-17)11-13-4-6-16(11)2;1-2/h3-6H,1-2H3;1-2H3. The van der Waals surface area contributed by atoms with E-state index in [0.717, 1.165) is 11.1 Å². The molecule has 0 atom stereocenters. The molecule has 0 aromatic carbocycles. The molecule has 0 bridgehead atoms. The SMILES string of the molecule is CC.Cc1ccn2nc(-c3nccn3C)nc(Cl)c12. The summed E-state index contributed by atoms with van der Waals surface area (Å²) in [5.74, 6) is 1.21. The first-order valence-electron chi connectivity index (χ1n) is 6.16. The Morgan fingerprint density at radius 3 is 2.58 bits per heavy atom. The Morgan fingerprint density at radius 1 is 1.21 bits per heavy atom. The summed E-state index contributed by atoms with van der Waals surface area (Å²) < 4.78 is 3.59. The summed E-state index contributed by atoms with van der Waals surface area (Å²) in [7, 11) is 1.89. The number of imidazole rings is 1. The molecular weight excluding hydrogens is 262 g/mol. The second-order valence-corrected chi connectivity index (χ2v) is 4.24. The molecule has 0 aliphatic heterocycles. The van der Waals surface area contributed by atoms with Crippen LogP contribution in [0.2, 0.25) is 5.15 Å². The van der Waals surface area contributed by atoms with Gasteiger partial charge in [0.1, 0.15) is 5.52 Å². The Labute approximate surface area is 116 Å². The largest absolute Gasteiger partial charge is 0.331 e. The maximum Gasteiger partial charge on any atom is 0.217 e. The molecule has 0 aliphatic rings. The number of rotatable bonds is 1. The van der Waals surface area contributed by atoms with Crippen LogP contribution in [-0.2, 0) is 7.05 Å². The van der Waals surface area contributed by atoms with Crippen molar-refractivity contribution in [2.45, 2.75) is 20.8 Å². The fourth-order valence-corrected chi connectivity index (χ4v) is 2.12. The Balaban J connectivity index is 0.000000637. The zero-order chi connectivity index (χ0) is 14.0. The predicted octanol–water partition coefficient (Wildman–Crippen LogP) is 3.12. The molecule has 0 amide bonds. The van der Waals surface area contributed by atoms with Gasteiger partial charge in [0.15, 0.2) is 11.0 Å². The maximum absolute atomic E-state index is 6.17. The highest BCUT2D eigenvalue weighted by Crippen LogP contribution is 2.21. The lowest BCUT2D eigenvalue weighted by molar-refractivity contribution is 0.859. The monoisotopic (exact) mass is 277 g/mol. The van der Waals surface area contributed by atoms with E-state index in [1.807, 2.05) is 50.8 Å². The van der Waals surface area contributed by atoms with Crippen molar-refractivity contribution in [3.05, 3.63) is 35.4 Å². The van der Waals surface area contributed by atoms with E-state index >= 15 is 0 Å². The third-order valence-electron chi connectivity index (χ3n) is 2.69. The van der Waals surface area contributed by atoms with E-state index in [-0.39, 0.29) is 0 Å². The fourth-order valence-electron chi connectivity index (χ4n) is 1.80. The minimum Gasteiger partial charge on any atom is -0.331 e. The highest BCUT2D eigenvalue weighted by atomic mass is 35.5. The van der Waals surface area contributed by atoms with Gasteiger partial charge >= 0.3 is 0 Å². The molecule has 0 spiro atoms. The van der Waals surface area contributed by atoms with Crippen LogP contribution in [0.5, 0.6) is 0 Å². The van der Waals surface area contributed by atoms with Crippen LogP contribution in [0.4, 0.5) is 0 Å². The van der Waals surface area contributed by atoms with E-state index in [4.69, 9.17) is 11.6 Å². The number of nitrogens with zero attached hydrogens (tertiary/aromatic N) is 5. The Hall–Kier alpha value is -1.88. The van der Waals surface area contributed by atoms with Gasteiger partial charge in [0.05, 0.1) is 0 Å². The molecule has 6 heteroatoms. The van der Waals surface area contributed by atoms with Crippen molar-refractivity contribution >= 4 is 17.1 Å². The van der Waals surface area contributed by atoms with Crippen LogP contribution in [0.15, 0.2) is 24.7 Å². The number of aryl methyl sites for hydroxylation is 2. The van der Waals surface area contributed by atoms with E-state index in [2.05, 4.69) is 15.1 Å². The van der Waals surface area contributed by atoms with Crippen molar-refractivity contribution in [3.63, 3.8) is 0 Å². The first-order chi connectivity index (χ1) is 9.16. The lowest BCUT2D eigenvalue weighted by atomic mass is 10.3. The first kappa shape index (κ1) is 13.5. The van der Waals surface area contributed by atoms with Gasteiger partial charge in [0, 0.05) is 25.6 Å². The van der Waals surface area contributed by atoms with Gasteiger partial charge in [-0.1, -0.05) is 25.4 Å². The summed E-state index contributed by atoms with van der Waals surface area (Å²) in [4.78, 5) is 8.49. The molecule has 0 fully saturated rings. The summed E-state index contributed by atoms with van der Waals surface area (Å²) >= 11 is 6.17. The van der Waals surface area contributed by atoms with Gasteiger partial charge in [-0.25, -0.2) is 14.5 Å². The van der Waals surface area contributed by atoms with Gasteiger partial charge in [-0.15, -0.1) is 5.10 Å². The number of hydrogen-bond acceptors (Lipinski definition) is 3. The van der Waals surface area contributed by atoms with Crippen LogP contribution in [0.1, 0.15) is 19.4 Å². The van der Waals surface area contributed by atoms with Crippen molar-refractivity contribution in [2.24, 2.45) is 7.05 Å². The average Bonchev–Trinajstić information content (AvgIpc) is 2.99. The molecule has 0 saturated carbocycles. The van der Waals surface area contributed by atoms with E-state index in [0.29, 0.717) is 16.8 Å². The third kappa shape index (κ3) is 2.33. The van der Waals surface area contributed by atoms with E-state index < -0.39 is 0 Å². The van der Waals surface area contributed by atoms with Crippen LogP contribution >= 0.6 is 11.6 Å². The van der Waals surface area contributed by atoms with Crippen LogP contribution < -0.4 is 0 Å². The second-order valence-electron chi connectivity index (χ2n) is 3.88. The molecule has 3 rings (SSSR count). The van der Waals surface area contributed by atoms with Gasteiger partial charge in [-0.2, -0.15) is 0 Å². The third-order valence-corrected chi connectivity index (χ3v) is 2.95. The number of halogens is 1. The summed E-state index contributed by atoms with van der Waals surface area (Å²) in [6.07, 6.45) is 5.42. The first-order valence-corrected chi connectivity index (χ1v) is 6.54. The van der Waals surface area contributed by atoms with Crippen LogP contribution in [0.25, 0.3) is 17.2 Å². The quantitative estimate of drug-likeness (QED) is 0.687. The summed E-state index contributed by atoms with van der Waals surface area (Å²) in [6, 6.07) is 1.96. The molecule has 3 aromatic heterocycles. The second kappa shape index (κ2) is 5.40. The molecule has 100 valence electrons. The molecule has 5 nitrogen and oxygen atoms in total. The van der Waals surface area contributed by atoms with Crippen molar-refractivity contribution in [2.75, 3.05) is 0 Å². The van der Waals surface area contributed by atoms with Crippen molar-refractivity contribution in [3.8, 4) is 11.6 Å². The zero-order valence-corrected chi connectivity index (χ0v) is 12.2. The fraction of sp³-hybridized carbons (Fsp3) is 0.308. The highest BCUT2D eigenvalue weighted by molar-refractivity contribution is 6.32. The van der Waals surface area contributed by atoms with Crippen molar-refractivity contribution in [1.29, 1.82) is 0 Å². The average molecular weight is 278 g/mol. The zero-order valence-electron chi connectivity index (χ0n) is 11.4. The molecule has 0 radical (unpaired) electrons. The molecule has 19 heavy (non-hydrogen) atoms. The number of fused-ring (bicyclic) bond motifs is 1. The topological polar surface area (TPSA) is 48.0 Å².